The maximum Gasteiger partial charge on any atom is 0.175 e. The zero-order valence-electron chi connectivity index (χ0n) is 14.2. The Bertz CT molecular complexity index is 1270. The van der Waals surface area contributed by atoms with Crippen molar-refractivity contribution in [1.82, 2.24) is 29.4 Å². The van der Waals surface area contributed by atoms with Crippen molar-refractivity contribution in [1.29, 1.82) is 0 Å². The van der Waals surface area contributed by atoms with Gasteiger partial charge in [0.25, 0.3) is 0 Å². The third kappa shape index (κ3) is 2.43. The average Bonchev–Trinajstić information content (AvgIpc) is 3.32. The summed E-state index contributed by atoms with van der Waals surface area (Å²) >= 11 is 5.98. The predicted octanol–water partition coefficient (Wildman–Crippen LogP) is 3.79. The Morgan fingerprint density at radius 2 is 1.78 bits per heavy atom. The maximum atomic E-state index is 5.98. The Kier molecular flexibility index (Phi) is 3.54. The fourth-order valence-corrected chi connectivity index (χ4v) is 3.23. The molecule has 0 radical (unpaired) electrons. The van der Waals surface area contributed by atoms with Crippen LogP contribution in [0.15, 0.2) is 61.1 Å². The number of benzene rings is 2. The number of ether oxygens (including phenoxy) is 1. The van der Waals surface area contributed by atoms with Crippen molar-refractivity contribution < 1.29 is 4.74 Å². The lowest BCUT2D eigenvalue weighted by atomic mass is 10.2. The van der Waals surface area contributed by atoms with Crippen molar-refractivity contribution in [2.24, 2.45) is 0 Å². The van der Waals surface area contributed by atoms with Crippen LogP contribution >= 0.6 is 11.6 Å². The molecule has 0 N–H and O–H groups in total. The van der Waals surface area contributed by atoms with Gasteiger partial charge >= 0.3 is 0 Å². The lowest BCUT2D eigenvalue weighted by Gasteiger charge is -2.06. The van der Waals surface area contributed by atoms with Crippen LogP contribution in [0.4, 0.5) is 0 Å². The van der Waals surface area contributed by atoms with Gasteiger partial charge in [-0.25, -0.2) is 9.67 Å². The molecule has 0 aliphatic carbocycles. The number of rotatable bonds is 3. The molecule has 0 aliphatic rings. The summed E-state index contributed by atoms with van der Waals surface area (Å²) in [6.07, 6.45) is 3.44. The van der Waals surface area contributed by atoms with E-state index in [1.807, 2.05) is 52.9 Å². The van der Waals surface area contributed by atoms with Crippen LogP contribution in [0.3, 0.4) is 0 Å². The molecular formula is C19H13ClN6O. The number of hydrogen-bond donors (Lipinski definition) is 0. The van der Waals surface area contributed by atoms with Crippen LogP contribution in [-0.4, -0.2) is 36.5 Å². The number of fused-ring (bicyclic) bond motifs is 3. The zero-order valence-corrected chi connectivity index (χ0v) is 15.0. The lowest BCUT2D eigenvalue weighted by molar-refractivity contribution is 0.416. The molecule has 0 bridgehead atoms. The Balaban J connectivity index is 1.71. The summed E-state index contributed by atoms with van der Waals surface area (Å²) < 4.78 is 9.04. The van der Waals surface area contributed by atoms with Crippen molar-refractivity contribution >= 4 is 28.3 Å². The minimum Gasteiger partial charge on any atom is -0.496 e. The highest BCUT2D eigenvalue weighted by Gasteiger charge is 2.17. The van der Waals surface area contributed by atoms with E-state index in [-0.39, 0.29) is 0 Å². The van der Waals surface area contributed by atoms with Gasteiger partial charge in [0.15, 0.2) is 17.1 Å². The summed E-state index contributed by atoms with van der Waals surface area (Å²) in [6, 6.07) is 15.1. The molecule has 7 nitrogen and oxygen atoms in total. The molecule has 0 amide bonds. The Labute approximate surface area is 158 Å². The molecule has 27 heavy (non-hydrogen) atoms. The van der Waals surface area contributed by atoms with Gasteiger partial charge < -0.3 is 4.74 Å². The van der Waals surface area contributed by atoms with Crippen LogP contribution in [0.1, 0.15) is 0 Å². The van der Waals surface area contributed by atoms with E-state index >= 15 is 0 Å². The van der Waals surface area contributed by atoms with Crippen molar-refractivity contribution in [3.63, 3.8) is 0 Å². The molecule has 5 rings (SSSR count). The molecule has 3 heterocycles. The quantitative estimate of drug-likeness (QED) is 0.479. The SMILES string of the molecule is COc1ccccc1-c1nnc2c3cnn(-c4ccc(Cl)cc4)c3ncn12. The molecule has 2 aromatic carbocycles. The lowest BCUT2D eigenvalue weighted by Crippen LogP contribution is -1.99. The second-order valence-corrected chi connectivity index (χ2v) is 6.37. The fraction of sp³-hybridized carbons (Fsp3) is 0.0526. The van der Waals surface area contributed by atoms with Gasteiger partial charge in [0, 0.05) is 5.02 Å². The van der Waals surface area contributed by atoms with Gasteiger partial charge in [-0.3, -0.25) is 4.40 Å². The van der Waals surface area contributed by atoms with E-state index in [9.17, 15) is 0 Å². The molecule has 0 spiro atoms. The number of nitrogens with zero attached hydrogens (tertiary/aromatic N) is 6. The maximum absolute atomic E-state index is 5.98. The van der Waals surface area contributed by atoms with Crippen molar-refractivity contribution in [2.45, 2.75) is 0 Å². The second-order valence-electron chi connectivity index (χ2n) is 5.93. The Morgan fingerprint density at radius 3 is 2.59 bits per heavy atom. The molecule has 0 aliphatic heterocycles. The molecule has 0 unspecified atom stereocenters. The molecule has 0 atom stereocenters. The Morgan fingerprint density at radius 1 is 0.963 bits per heavy atom. The first-order valence-corrected chi connectivity index (χ1v) is 8.61. The number of halogens is 1. The molecule has 0 saturated heterocycles. The van der Waals surface area contributed by atoms with Crippen molar-refractivity contribution in [3.8, 4) is 22.8 Å². The second kappa shape index (κ2) is 6.07. The highest BCUT2D eigenvalue weighted by atomic mass is 35.5. The fourth-order valence-electron chi connectivity index (χ4n) is 3.11. The number of aromatic nitrogens is 6. The van der Waals surface area contributed by atoms with Crippen LogP contribution in [-0.2, 0) is 0 Å². The smallest absolute Gasteiger partial charge is 0.175 e. The van der Waals surface area contributed by atoms with Crippen molar-refractivity contribution in [3.05, 3.63) is 66.1 Å². The van der Waals surface area contributed by atoms with Gasteiger partial charge in [-0.15, -0.1) is 10.2 Å². The minimum absolute atomic E-state index is 0.663. The summed E-state index contributed by atoms with van der Waals surface area (Å²) in [5.41, 5.74) is 3.10. The standard InChI is InChI=1S/C19H13ClN6O/c1-27-16-5-3-2-4-14(16)18-23-24-19-15-10-22-26(17(15)21-11-25(18)19)13-8-6-12(20)7-9-13/h2-11H,1H3. The number of methoxy groups -OCH3 is 1. The number of para-hydroxylation sites is 1. The van der Waals surface area contributed by atoms with E-state index in [1.54, 1.807) is 24.3 Å². The van der Waals surface area contributed by atoms with E-state index in [4.69, 9.17) is 16.3 Å². The summed E-state index contributed by atoms with van der Waals surface area (Å²) in [4.78, 5) is 4.59. The zero-order chi connectivity index (χ0) is 18.4. The highest BCUT2D eigenvalue weighted by Crippen LogP contribution is 2.30. The average molecular weight is 377 g/mol. The molecule has 8 heteroatoms. The van der Waals surface area contributed by atoms with Gasteiger partial charge in [-0.1, -0.05) is 23.7 Å². The minimum atomic E-state index is 0.663. The van der Waals surface area contributed by atoms with Gasteiger partial charge in [0.05, 0.1) is 29.9 Å². The summed E-state index contributed by atoms with van der Waals surface area (Å²) in [6.45, 7) is 0. The molecule has 3 aromatic heterocycles. The largest absolute Gasteiger partial charge is 0.496 e. The summed E-state index contributed by atoms with van der Waals surface area (Å²) in [5, 5.41) is 14.7. The van der Waals surface area contributed by atoms with E-state index in [2.05, 4.69) is 20.3 Å². The topological polar surface area (TPSA) is 70.1 Å². The van der Waals surface area contributed by atoms with Gasteiger partial charge in [-0.2, -0.15) is 5.10 Å². The third-order valence-electron chi connectivity index (χ3n) is 4.40. The molecular weight excluding hydrogens is 364 g/mol. The van der Waals surface area contributed by atoms with Gasteiger partial charge in [0.1, 0.15) is 12.1 Å². The van der Waals surface area contributed by atoms with Crippen LogP contribution in [0.2, 0.25) is 5.02 Å². The van der Waals surface area contributed by atoms with Gasteiger partial charge in [-0.05, 0) is 36.4 Å². The normalized spacial score (nSPS) is 11.3. The highest BCUT2D eigenvalue weighted by molar-refractivity contribution is 6.30. The molecule has 0 saturated carbocycles. The predicted molar refractivity (Wildman–Crippen MR) is 102 cm³/mol. The first kappa shape index (κ1) is 15.8. The van der Waals surface area contributed by atoms with Crippen molar-refractivity contribution in [2.75, 3.05) is 7.11 Å². The van der Waals surface area contributed by atoms with E-state index < -0.39 is 0 Å². The monoisotopic (exact) mass is 376 g/mol. The van der Waals surface area contributed by atoms with Crippen LogP contribution < -0.4 is 4.74 Å². The Hall–Kier alpha value is -3.45. The first-order valence-electron chi connectivity index (χ1n) is 8.23. The third-order valence-corrected chi connectivity index (χ3v) is 4.65. The molecule has 5 aromatic rings. The van der Waals surface area contributed by atoms with E-state index in [0.717, 1.165) is 22.4 Å². The summed E-state index contributed by atoms with van der Waals surface area (Å²) in [5.74, 6) is 1.39. The number of hydrogen-bond acceptors (Lipinski definition) is 5. The first-order chi connectivity index (χ1) is 13.3. The molecule has 132 valence electrons. The molecule has 0 fully saturated rings. The van der Waals surface area contributed by atoms with E-state index in [1.165, 1.54) is 0 Å². The summed E-state index contributed by atoms with van der Waals surface area (Å²) in [7, 11) is 1.63. The van der Waals surface area contributed by atoms with Crippen LogP contribution in [0, 0.1) is 0 Å². The van der Waals surface area contributed by atoms with Crippen LogP contribution in [0.25, 0.3) is 33.8 Å². The van der Waals surface area contributed by atoms with Gasteiger partial charge in [0.2, 0.25) is 0 Å². The van der Waals surface area contributed by atoms with E-state index in [0.29, 0.717) is 22.1 Å². The van der Waals surface area contributed by atoms with Crippen LogP contribution in [0.5, 0.6) is 5.75 Å².